The smallest absolute Gasteiger partial charge is 0.269 e. The van der Waals surface area contributed by atoms with E-state index in [4.69, 9.17) is 5.14 Å². The third kappa shape index (κ3) is 4.72. The number of hydrogen-bond acceptors (Lipinski definition) is 6. The van der Waals surface area contributed by atoms with E-state index in [0.29, 0.717) is 5.70 Å². The van der Waals surface area contributed by atoms with Crippen LogP contribution in [0.25, 0.3) is 0 Å². The lowest BCUT2D eigenvalue weighted by molar-refractivity contribution is -0.384. The first-order chi connectivity index (χ1) is 11.7. The van der Waals surface area contributed by atoms with Gasteiger partial charge in [0.05, 0.1) is 10.6 Å². The van der Waals surface area contributed by atoms with Gasteiger partial charge in [-0.15, -0.1) is 0 Å². The van der Waals surface area contributed by atoms with Crippen LogP contribution in [0.15, 0.2) is 65.2 Å². The Morgan fingerprint density at radius 3 is 2.32 bits per heavy atom. The second kappa shape index (κ2) is 7.24. The lowest BCUT2D eigenvalue weighted by Crippen LogP contribution is -2.14. The highest BCUT2D eigenvalue weighted by Crippen LogP contribution is 2.21. The van der Waals surface area contributed by atoms with Gasteiger partial charge in [0, 0.05) is 29.5 Å². The Morgan fingerprint density at radius 2 is 1.76 bits per heavy atom. The topological polar surface area (TPSA) is 132 Å². The number of hydrogen-bond donors (Lipinski definition) is 2. The number of primary sulfonamides is 1. The monoisotopic (exact) mass is 361 g/mol. The number of carbonyl (C=O) groups is 1. The minimum atomic E-state index is -3.91. The minimum absolute atomic E-state index is 0.0921. The average Bonchev–Trinajstić information content (AvgIpc) is 2.54. The van der Waals surface area contributed by atoms with Crippen molar-refractivity contribution in [3.05, 3.63) is 76.0 Å². The van der Waals surface area contributed by atoms with Gasteiger partial charge in [0.2, 0.25) is 10.0 Å². The highest BCUT2D eigenvalue weighted by Gasteiger charge is 2.13. The molecule has 0 heterocycles. The number of nitrogens with one attached hydrogen (secondary N) is 1. The Bertz CT molecular complexity index is 950. The normalized spacial score (nSPS) is 11.8. The number of nitro groups is 1. The van der Waals surface area contributed by atoms with E-state index < -0.39 is 14.9 Å². The summed E-state index contributed by atoms with van der Waals surface area (Å²) >= 11 is 0. The lowest BCUT2D eigenvalue weighted by Gasteiger charge is -2.10. The molecule has 0 aliphatic carbocycles. The zero-order valence-corrected chi connectivity index (χ0v) is 14.0. The van der Waals surface area contributed by atoms with Gasteiger partial charge in [-0.05, 0) is 31.2 Å². The molecule has 0 aliphatic heterocycles. The summed E-state index contributed by atoms with van der Waals surface area (Å²) in [6.07, 6.45) is 1.26. The summed E-state index contributed by atoms with van der Waals surface area (Å²) in [5.74, 6) is -0.381. The van der Waals surface area contributed by atoms with Gasteiger partial charge in [-0.2, -0.15) is 0 Å². The summed E-state index contributed by atoms with van der Waals surface area (Å²) in [4.78, 5) is 22.1. The highest BCUT2D eigenvalue weighted by atomic mass is 32.2. The van der Waals surface area contributed by atoms with E-state index in [1.807, 2.05) is 0 Å². The number of ketones is 1. The van der Waals surface area contributed by atoms with Crippen molar-refractivity contribution in [2.24, 2.45) is 5.14 Å². The van der Waals surface area contributed by atoms with E-state index in [1.54, 1.807) is 13.0 Å². The molecule has 2 aromatic rings. The first-order valence-corrected chi connectivity index (χ1v) is 8.59. The molecule has 0 amide bonds. The van der Waals surface area contributed by atoms with Crippen LogP contribution in [0, 0.1) is 10.1 Å². The van der Waals surface area contributed by atoms with Crippen molar-refractivity contribution in [2.45, 2.75) is 11.8 Å². The fraction of sp³-hybridized carbons (Fsp3) is 0.0625. The number of nitrogens with two attached hydrogens (primary N) is 1. The summed E-state index contributed by atoms with van der Waals surface area (Å²) in [5, 5.41) is 18.6. The summed E-state index contributed by atoms with van der Waals surface area (Å²) < 4.78 is 23.1. The third-order valence-electron chi connectivity index (χ3n) is 3.24. The van der Waals surface area contributed by atoms with Crippen molar-refractivity contribution < 1.29 is 18.1 Å². The Labute approximate surface area is 144 Å². The maximum atomic E-state index is 12.2. The molecule has 25 heavy (non-hydrogen) atoms. The van der Waals surface area contributed by atoms with Gasteiger partial charge in [-0.3, -0.25) is 14.9 Å². The van der Waals surface area contributed by atoms with Crippen LogP contribution in [0.2, 0.25) is 0 Å². The number of allylic oxidation sites excluding steroid dienone is 2. The number of sulfonamides is 1. The molecule has 0 aromatic heterocycles. The molecule has 130 valence electrons. The van der Waals surface area contributed by atoms with Crippen LogP contribution < -0.4 is 10.5 Å². The van der Waals surface area contributed by atoms with E-state index in [9.17, 15) is 23.3 Å². The van der Waals surface area contributed by atoms with Crippen LogP contribution in [0.1, 0.15) is 17.3 Å². The van der Waals surface area contributed by atoms with Crippen LogP contribution in [0.3, 0.4) is 0 Å². The van der Waals surface area contributed by atoms with Crippen LogP contribution >= 0.6 is 0 Å². The number of non-ortho nitro benzene ring substituents is 1. The molecule has 0 fully saturated rings. The van der Waals surface area contributed by atoms with Crippen molar-refractivity contribution in [1.82, 2.24) is 0 Å². The first kappa shape index (κ1) is 18.3. The number of para-hydroxylation sites is 1. The maximum Gasteiger partial charge on any atom is 0.269 e. The molecule has 0 radical (unpaired) electrons. The Hall–Kier alpha value is -3.04. The van der Waals surface area contributed by atoms with Gasteiger partial charge in [0.25, 0.3) is 5.69 Å². The van der Waals surface area contributed by atoms with E-state index in [-0.39, 0.29) is 27.6 Å². The van der Waals surface area contributed by atoms with Crippen LogP contribution in [-0.4, -0.2) is 19.1 Å². The molecular formula is C16H15N3O5S. The van der Waals surface area contributed by atoms with Crippen LogP contribution in [0.5, 0.6) is 0 Å². The molecule has 0 saturated carbocycles. The van der Waals surface area contributed by atoms with Gasteiger partial charge in [0.1, 0.15) is 4.90 Å². The van der Waals surface area contributed by atoms with Gasteiger partial charge in [0.15, 0.2) is 5.78 Å². The fourth-order valence-electron chi connectivity index (χ4n) is 2.09. The average molecular weight is 361 g/mol. The number of carbonyl (C=O) groups excluding carboxylic acids is 1. The minimum Gasteiger partial charge on any atom is -0.358 e. The van der Waals surface area contributed by atoms with E-state index in [0.717, 1.165) is 0 Å². The number of benzene rings is 2. The summed E-state index contributed by atoms with van der Waals surface area (Å²) in [6, 6.07) is 11.2. The number of anilines is 1. The second-order valence-electron chi connectivity index (χ2n) is 5.16. The predicted molar refractivity (Wildman–Crippen MR) is 92.6 cm³/mol. The molecular weight excluding hydrogens is 346 g/mol. The third-order valence-corrected chi connectivity index (χ3v) is 4.20. The zero-order chi connectivity index (χ0) is 18.6. The molecule has 0 saturated heterocycles. The molecule has 0 bridgehead atoms. The Morgan fingerprint density at radius 1 is 1.16 bits per heavy atom. The summed E-state index contributed by atoms with van der Waals surface area (Å²) in [5.41, 5.74) is 0.790. The van der Waals surface area contributed by atoms with Crippen LogP contribution in [-0.2, 0) is 10.0 Å². The zero-order valence-electron chi connectivity index (χ0n) is 13.2. The molecule has 0 atom stereocenters. The van der Waals surface area contributed by atoms with Crippen LogP contribution in [0.4, 0.5) is 11.4 Å². The van der Waals surface area contributed by atoms with E-state index in [1.165, 1.54) is 48.5 Å². The number of nitro benzene ring substituents is 1. The molecule has 0 aliphatic rings. The molecule has 2 rings (SSSR count). The Kier molecular flexibility index (Phi) is 5.30. The van der Waals surface area contributed by atoms with Crippen molar-refractivity contribution in [3.63, 3.8) is 0 Å². The lowest BCUT2D eigenvalue weighted by atomic mass is 10.1. The molecule has 0 spiro atoms. The first-order valence-electron chi connectivity index (χ1n) is 7.04. The van der Waals surface area contributed by atoms with Crippen molar-refractivity contribution >= 4 is 27.2 Å². The summed E-state index contributed by atoms with van der Waals surface area (Å²) in [7, 11) is -3.91. The SMILES string of the molecule is C/C(=C/C(=O)c1ccc([N+](=O)[O-])cc1)Nc1ccccc1S(N)(=O)=O. The standard InChI is InChI=1S/C16H15N3O5S/c1-11(18-14-4-2-3-5-16(14)25(17,23)24)10-15(20)12-6-8-13(9-7-12)19(21)22/h2-10,18H,1H3,(H2,17,23,24)/b11-10-. The quantitative estimate of drug-likeness (QED) is 0.351. The van der Waals surface area contributed by atoms with E-state index in [2.05, 4.69) is 5.32 Å². The maximum absolute atomic E-state index is 12.2. The van der Waals surface area contributed by atoms with Gasteiger partial charge in [-0.1, -0.05) is 12.1 Å². The molecule has 8 nitrogen and oxygen atoms in total. The summed E-state index contributed by atoms with van der Waals surface area (Å²) in [6.45, 7) is 1.59. The van der Waals surface area contributed by atoms with Gasteiger partial charge >= 0.3 is 0 Å². The van der Waals surface area contributed by atoms with Crippen molar-refractivity contribution in [1.29, 1.82) is 0 Å². The van der Waals surface area contributed by atoms with Crippen molar-refractivity contribution in [2.75, 3.05) is 5.32 Å². The fourth-order valence-corrected chi connectivity index (χ4v) is 2.79. The molecule has 9 heteroatoms. The second-order valence-corrected chi connectivity index (χ2v) is 6.69. The van der Waals surface area contributed by atoms with Crippen molar-refractivity contribution in [3.8, 4) is 0 Å². The van der Waals surface area contributed by atoms with E-state index >= 15 is 0 Å². The molecule has 0 unspecified atom stereocenters. The largest absolute Gasteiger partial charge is 0.358 e. The molecule has 2 aromatic carbocycles. The molecule has 3 N–H and O–H groups in total. The Balaban J connectivity index is 2.22. The highest BCUT2D eigenvalue weighted by molar-refractivity contribution is 7.89. The van der Waals surface area contributed by atoms with Gasteiger partial charge in [-0.25, -0.2) is 13.6 Å². The van der Waals surface area contributed by atoms with Gasteiger partial charge < -0.3 is 5.32 Å². The number of rotatable bonds is 6. The predicted octanol–water partition coefficient (Wildman–Crippen LogP) is 2.44. The number of nitrogens with zero attached hydrogens (tertiary/aromatic N) is 1.